The van der Waals surface area contributed by atoms with Crippen LogP contribution in [0.15, 0.2) is 24.3 Å². The van der Waals surface area contributed by atoms with Gasteiger partial charge in [0.25, 0.3) is 0 Å². The molecule has 0 spiro atoms. The maximum absolute atomic E-state index is 10.8. The van der Waals surface area contributed by atoms with Gasteiger partial charge in [-0.2, -0.15) is 0 Å². The number of carboxylic acid groups (broad SMARTS) is 1. The number of benzene rings is 1. The monoisotopic (exact) mass is 248 g/mol. The fraction of sp³-hybridized carbons (Fsp3) is 0.500. The van der Waals surface area contributed by atoms with Gasteiger partial charge in [0.2, 0.25) is 0 Å². The van der Waals surface area contributed by atoms with Crippen molar-refractivity contribution < 1.29 is 9.90 Å². The van der Waals surface area contributed by atoms with Gasteiger partial charge in [0.15, 0.2) is 0 Å². The Balaban J connectivity index is 2.02. The zero-order valence-corrected chi connectivity index (χ0v) is 10.9. The van der Waals surface area contributed by atoms with Crippen molar-refractivity contribution in [2.75, 3.05) is 13.1 Å². The van der Waals surface area contributed by atoms with E-state index in [9.17, 15) is 4.79 Å². The Kier molecular flexibility index (Phi) is 3.99. The van der Waals surface area contributed by atoms with Crippen LogP contribution in [-0.4, -0.2) is 41.1 Å². The molecule has 0 amide bonds. The first-order chi connectivity index (χ1) is 8.56. The summed E-state index contributed by atoms with van der Waals surface area (Å²) >= 11 is 0. The normalized spacial score (nSPS) is 25.0. The van der Waals surface area contributed by atoms with E-state index in [-0.39, 0.29) is 0 Å². The molecule has 1 aromatic carbocycles. The first-order valence-corrected chi connectivity index (χ1v) is 6.36. The van der Waals surface area contributed by atoms with Gasteiger partial charge >= 0.3 is 5.97 Å². The Bertz CT molecular complexity index is 416. The van der Waals surface area contributed by atoms with Gasteiger partial charge in [0, 0.05) is 31.7 Å². The highest BCUT2D eigenvalue weighted by Gasteiger charge is 2.22. The van der Waals surface area contributed by atoms with Crippen LogP contribution in [-0.2, 0) is 6.54 Å². The molecular formula is C14H20N2O2. The number of aromatic carboxylic acids is 1. The summed E-state index contributed by atoms with van der Waals surface area (Å²) in [7, 11) is 0. The van der Waals surface area contributed by atoms with E-state index in [2.05, 4.69) is 24.1 Å². The molecule has 18 heavy (non-hydrogen) atoms. The highest BCUT2D eigenvalue weighted by molar-refractivity contribution is 5.87. The molecule has 1 aliphatic rings. The van der Waals surface area contributed by atoms with Crippen LogP contribution < -0.4 is 5.32 Å². The Morgan fingerprint density at radius 2 is 2.06 bits per heavy atom. The van der Waals surface area contributed by atoms with Crippen LogP contribution in [0.2, 0.25) is 0 Å². The fourth-order valence-corrected chi connectivity index (χ4v) is 2.30. The molecule has 1 aliphatic heterocycles. The Labute approximate surface area is 108 Å². The molecule has 1 aromatic rings. The van der Waals surface area contributed by atoms with Crippen molar-refractivity contribution in [2.24, 2.45) is 0 Å². The average Bonchev–Trinajstić information content (AvgIpc) is 2.34. The molecule has 1 saturated heterocycles. The number of hydrogen-bond donors (Lipinski definition) is 2. The van der Waals surface area contributed by atoms with E-state index in [0.717, 1.165) is 19.6 Å². The predicted octanol–water partition coefficient (Wildman–Crippen LogP) is 1.57. The van der Waals surface area contributed by atoms with Crippen LogP contribution >= 0.6 is 0 Å². The van der Waals surface area contributed by atoms with Crippen LogP contribution in [0.25, 0.3) is 0 Å². The number of nitrogens with one attached hydrogen (secondary N) is 1. The molecule has 2 N–H and O–H groups in total. The maximum Gasteiger partial charge on any atom is 0.335 e. The lowest BCUT2D eigenvalue weighted by Gasteiger charge is -2.37. The van der Waals surface area contributed by atoms with Gasteiger partial charge in [-0.25, -0.2) is 4.79 Å². The van der Waals surface area contributed by atoms with Crippen molar-refractivity contribution in [3.63, 3.8) is 0 Å². The minimum absolute atomic E-state index is 0.348. The summed E-state index contributed by atoms with van der Waals surface area (Å²) in [5.74, 6) is -0.870. The molecule has 2 rings (SSSR count). The largest absolute Gasteiger partial charge is 0.478 e. The van der Waals surface area contributed by atoms with Gasteiger partial charge in [-0.15, -0.1) is 0 Å². The second kappa shape index (κ2) is 5.50. The molecule has 98 valence electrons. The zero-order valence-electron chi connectivity index (χ0n) is 10.9. The summed E-state index contributed by atoms with van der Waals surface area (Å²) in [6.07, 6.45) is 0. The Morgan fingerprint density at radius 3 is 2.67 bits per heavy atom. The molecule has 0 bridgehead atoms. The van der Waals surface area contributed by atoms with Gasteiger partial charge in [-0.05, 0) is 31.5 Å². The van der Waals surface area contributed by atoms with Crippen LogP contribution in [0.5, 0.6) is 0 Å². The van der Waals surface area contributed by atoms with Crippen molar-refractivity contribution >= 4 is 5.97 Å². The number of piperazine rings is 1. The van der Waals surface area contributed by atoms with Crippen LogP contribution in [0.4, 0.5) is 0 Å². The average molecular weight is 248 g/mol. The summed E-state index contributed by atoms with van der Waals surface area (Å²) in [6, 6.07) is 8.19. The highest BCUT2D eigenvalue weighted by atomic mass is 16.4. The number of hydrogen-bond acceptors (Lipinski definition) is 3. The quantitative estimate of drug-likeness (QED) is 0.852. The topological polar surface area (TPSA) is 52.6 Å². The lowest BCUT2D eigenvalue weighted by molar-refractivity contribution is 0.0697. The molecule has 1 fully saturated rings. The van der Waals surface area contributed by atoms with Gasteiger partial charge in [-0.3, -0.25) is 4.90 Å². The third kappa shape index (κ3) is 3.09. The van der Waals surface area contributed by atoms with Crippen LogP contribution in [0, 0.1) is 0 Å². The lowest BCUT2D eigenvalue weighted by atomic mass is 10.1. The molecule has 0 aromatic heterocycles. The number of rotatable bonds is 3. The number of carbonyl (C=O) groups is 1. The third-order valence-corrected chi connectivity index (χ3v) is 3.48. The first-order valence-electron chi connectivity index (χ1n) is 6.36. The molecular weight excluding hydrogens is 228 g/mol. The predicted molar refractivity (Wildman–Crippen MR) is 70.7 cm³/mol. The minimum atomic E-state index is -0.870. The summed E-state index contributed by atoms with van der Waals surface area (Å²) in [6.45, 7) is 7.32. The van der Waals surface area contributed by atoms with E-state index in [0.29, 0.717) is 17.6 Å². The van der Waals surface area contributed by atoms with E-state index >= 15 is 0 Å². The van der Waals surface area contributed by atoms with Crippen molar-refractivity contribution in [1.82, 2.24) is 10.2 Å². The summed E-state index contributed by atoms with van der Waals surface area (Å²) in [5, 5.41) is 12.3. The smallest absolute Gasteiger partial charge is 0.335 e. The molecule has 2 atom stereocenters. The first kappa shape index (κ1) is 13.1. The van der Waals surface area contributed by atoms with E-state index in [1.807, 2.05) is 12.1 Å². The molecule has 1 heterocycles. The van der Waals surface area contributed by atoms with E-state index in [4.69, 9.17) is 5.11 Å². The molecule has 0 saturated carbocycles. The molecule has 0 aliphatic carbocycles. The van der Waals surface area contributed by atoms with Gasteiger partial charge in [0.1, 0.15) is 0 Å². The van der Waals surface area contributed by atoms with Crippen molar-refractivity contribution in [3.05, 3.63) is 35.4 Å². The summed E-state index contributed by atoms with van der Waals surface area (Å²) in [4.78, 5) is 13.2. The third-order valence-electron chi connectivity index (χ3n) is 3.48. The second-order valence-electron chi connectivity index (χ2n) is 5.09. The lowest BCUT2D eigenvalue weighted by Crippen LogP contribution is -2.53. The highest BCUT2D eigenvalue weighted by Crippen LogP contribution is 2.13. The molecule has 4 nitrogen and oxygen atoms in total. The fourth-order valence-electron chi connectivity index (χ4n) is 2.30. The molecule has 4 heteroatoms. The van der Waals surface area contributed by atoms with Crippen LogP contribution in [0.1, 0.15) is 29.8 Å². The number of carboxylic acids is 1. The van der Waals surface area contributed by atoms with E-state index in [1.165, 1.54) is 5.56 Å². The van der Waals surface area contributed by atoms with Gasteiger partial charge in [0.05, 0.1) is 5.56 Å². The Hall–Kier alpha value is -1.39. The van der Waals surface area contributed by atoms with Gasteiger partial charge < -0.3 is 10.4 Å². The van der Waals surface area contributed by atoms with Crippen molar-refractivity contribution in [3.8, 4) is 0 Å². The maximum atomic E-state index is 10.8. The summed E-state index contributed by atoms with van der Waals surface area (Å²) in [5.41, 5.74) is 1.52. The second-order valence-corrected chi connectivity index (χ2v) is 5.09. The standard InChI is InChI=1S/C14H20N2O2/c1-10-8-16(11(2)7-15-10)9-12-3-5-13(6-4-12)14(17)18/h3-6,10-11,15H,7-9H2,1-2H3,(H,17,18). The zero-order chi connectivity index (χ0) is 13.1. The van der Waals surface area contributed by atoms with E-state index in [1.54, 1.807) is 12.1 Å². The molecule has 0 radical (unpaired) electrons. The van der Waals surface area contributed by atoms with Crippen molar-refractivity contribution in [1.29, 1.82) is 0 Å². The Morgan fingerprint density at radius 1 is 1.39 bits per heavy atom. The van der Waals surface area contributed by atoms with Crippen LogP contribution in [0.3, 0.4) is 0 Å². The summed E-state index contributed by atoms with van der Waals surface area (Å²) < 4.78 is 0. The number of nitrogens with zero attached hydrogens (tertiary/aromatic N) is 1. The molecule has 2 unspecified atom stereocenters. The van der Waals surface area contributed by atoms with Crippen molar-refractivity contribution in [2.45, 2.75) is 32.5 Å². The van der Waals surface area contributed by atoms with E-state index < -0.39 is 5.97 Å². The minimum Gasteiger partial charge on any atom is -0.478 e. The SMILES string of the molecule is CC1CN(Cc2ccc(C(=O)O)cc2)C(C)CN1. The van der Waals surface area contributed by atoms with Gasteiger partial charge in [-0.1, -0.05) is 12.1 Å².